The van der Waals surface area contributed by atoms with Crippen LogP contribution in [-0.2, 0) is 0 Å². The van der Waals surface area contributed by atoms with Crippen LogP contribution in [0.2, 0.25) is 0 Å². The molecule has 0 spiro atoms. The standard InChI is InChI=1S/C6H11Cl2N/c1-2-9(5-3-7)6-4-8/h2H,1,3-6H2. The second-order valence-electron chi connectivity index (χ2n) is 1.60. The highest BCUT2D eigenvalue weighted by molar-refractivity contribution is 6.18. The van der Waals surface area contributed by atoms with Crippen molar-refractivity contribution in [1.82, 2.24) is 4.90 Å². The Morgan fingerprint density at radius 3 is 1.89 bits per heavy atom. The van der Waals surface area contributed by atoms with Crippen LogP contribution < -0.4 is 0 Å². The van der Waals surface area contributed by atoms with Gasteiger partial charge < -0.3 is 4.90 Å². The summed E-state index contributed by atoms with van der Waals surface area (Å²) in [6.07, 6.45) is 1.75. The predicted octanol–water partition coefficient (Wildman–Crippen LogP) is 1.91. The Bertz CT molecular complexity index is 69.5. The molecule has 0 N–H and O–H groups in total. The summed E-state index contributed by atoms with van der Waals surface area (Å²) in [5.74, 6) is 1.26. The zero-order chi connectivity index (χ0) is 7.11. The number of hydrogen-bond donors (Lipinski definition) is 0. The zero-order valence-corrected chi connectivity index (χ0v) is 6.83. The Balaban J connectivity index is 3.29. The SMILES string of the molecule is C=CN(CCCl)CCCl. The van der Waals surface area contributed by atoms with Crippen LogP contribution in [0, 0.1) is 0 Å². The van der Waals surface area contributed by atoms with Gasteiger partial charge in [0.25, 0.3) is 0 Å². The lowest BCUT2D eigenvalue weighted by Gasteiger charge is -2.15. The van der Waals surface area contributed by atoms with Crippen LogP contribution in [0.25, 0.3) is 0 Å². The van der Waals surface area contributed by atoms with Crippen molar-refractivity contribution in [3.05, 3.63) is 12.8 Å². The van der Waals surface area contributed by atoms with E-state index < -0.39 is 0 Å². The first kappa shape index (κ1) is 9.12. The van der Waals surface area contributed by atoms with E-state index in [1.165, 1.54) is 0 Å². The molecule has 0 heterocycles. The number of halogens is 2. The van der Waals surface area contributed by atoms with E-state index in [0.29, 0.717) is 11.8 Å². The molecule has 0 aromatic heterocycles. The van der Waals surface area contributed by atoms with Gasteiger partial charge in [-0.1, -0.05) is 6.58 Å². The molecule has 54 valence electrons. The van der Waals surface area contributed by atoms with Gasteiger partial charge in [-0.2, -0.15) is 0 Å². The summed E-state index contributed by atoms with van der Waals surface area (Å²) in [7, 11) is 0. The van der Waals surface area contributed by atoms with E-state index in [1.54, 1.807) is 6.20 Å². The van der Waals surface area contributed by atoms with E-state index in [0.717, 1.165) is 13.1 Å². The fourth-order valence-corrected chi connectivity index (χ4v) is 0.946. The minimum absolute atomic E-state index is 0.628. The summed E-state index contributed by atoms with van der Waals surface area (Å²) >= 11 is 11.0. The fraction of sp³-hybridized carbons (Fsp3) is 0.667. The van der Waals surface area contributed by atoms with E-state index >= 15 is 0 Å². The summed E-state index contributed by atoms with van der Waals surface area (Å²) in [4.78, 5) is 1.99. The van der Waals surface area contributed by atoms with Crippen LogP contribution in [0.3, 0.4) is 0 Å². The molecule has 0 rings (SSSR count). The topological polar surface area (TPSA) is 3.24 Å². The van der Waals surface area contributed by atoms with E-state index in [4.69, 9.17) is 23.2 Å². The molecule has 0 aliphatic carbocycles. The summed E-state index contributed by atoms with van der Waals surface area (Å²) in [5.41, 5.74) is 0. The van der Waals surface area contributed by atoms with Gasteiger partial charge in [0, 0.05) is 24.8 Å². The molecule has 0 aliphatic rings. The maximum absolute atomic E-state index is 5.48. The molecule has 0 saturated heterocycles. The van der Waals surface area contributed by atoms with Crippen molar-refractivity contribution in [3.8, 4) is 0 Å². The van der Waals surface area contributed by atoms with Gasteiger partial charge in [-0.15, -0.1) is 23.2 Å². The van der Waals surface area contributed by atoms with Gasteiger partial charge in [0.1, 0.15) is 0 Å². The van der Waals surface area contributed by atoms with Crippen molar-refractivity contribution in [2.45, 2.75) is 0 Å². The van der Waals surface area contributed by atoms with Crippen LogP contribution in [-0.4, -0.2) is 29.7 Å². The monoisotopic (exact) mass is 167 g/mol. The van der Waals surface area contributed by atoms with Crippen LogP contribution in [0.5, 0.6) is 0 Å². The van der Waals surface area contributed by atoms with E-state index in [1.807, 2.05) is 4.90 Å². The molecule has 0 amide bonds. The maximum atomic E-state index is 5.48. The quantitative estimate of drug-likeness (QED) is 0.566. The van der Waals surface area contributed by atoms with Crippen LogP contribution in [0.1, 0.15) is 0 Å². The number of alkyl halides is 2. The van der Waals surface area contributed by atoms with E-state index in [2.05, 4.69) is 6.58 Å². The summed E-state index contributed by atoms with van der Waals surface area (Å²) in [6.45, 7) is 5.27. The van der Waals surface area contributed by atoms with Gasteiger partial charge in [-0.25, -0.2) is 0 Å². The van der Waals surface area contributed by atoms with Gasteiger partial charge in [0.05, 0.1) is 0 Å². The van der Waals surface area contributed by atoms with Gasteiger partial charge in [0.15, 0.2) is 0 Å². The molecule has 0 unspecified atom stereocenters. The summed E-state index contributed by atoms with van der Waals surface area (Å²) in [5, 5.41) is 0. The molecule has 0 saturated carbocycles. The lowest BCUT2D eigenvalue weighted by Crippen LogP contribution is -2.21. The Morgan fingerprint density at radius 2 is 1.67 bits per heavy atom. The Morgan fingerprint density at radius 1 is 1.22 bits per heavy atom. The van der Waals surface area contributed by atoms with Crippen molar-refractivity contribution >= 4 is 23.2 Å². The molecule has 0 aromatic rings. The first-order chi connectivity index (χ1) is 4.35. The summed E-state index contributed by atoms with van der Waals surface area (Å²) < 4.78 is 0. The zero-order valence-electron chi connectivity index (χ0n) is 5.32. The molecule has 3 heteroatoms. The van der Waals surface area contributed by atoms with Gasteiger partial charge in [-0.05, 0) is 6.20 Å². The fourth-order valence-electron chi connectivity index (χ4n) is 0.511. The van der Waals surface area contributed by atoms with E-state index in [-0.39, 0.29) is 0 Å². The van der Waals surface area contributed by atoms with Gasteiger partial charge >= 0.3 is 0 Å². The third-order valence-electron chi connectivity index (χ3n) is 1.00. The minimum atomic E-state index is 0.628. The highest BCUT2D eigenvalue weighted by atomic mass is 35.5. The van der Waals surface area contributed by atoms with Crippen LogP contribution >= 0.6 is 23.2 Å². The van der Waals surface area contributed by atoms with Crippen molar-refractivity contribution < 1.29 is 0 Å². The smallest absolute Gasteiger partial charge is 0.0399 e. The second-order valence-corrected chi connectivity index (χ2v) is 2.35. The maximum Gasteiger partial charge on any atom is 0.0399 e. The lowest BCUT2D eigenvalue weighted by molar-refractivity contribution is 0.425. The Kier molecular flexibility index (Phi) is 6.33. The molecule has 0 radical (unpaired) electrons. The first-order valence-electron chi connectivity index (χ1n) is 2.83. The highest BCUT2D eigenvalue weighted by Gasteiger charge is 1.93. The Hall–Kier alpha value is 0.120. The molecule has 0 aliphatic heterocycles. The third kappa shape index (κ3) is 4.61. The van der Waals surface area contributed by atoms with Crippen molar-refractivity contribution in [2.75, 3.05) is 24.8 Å². The number of rotatable bonds is 5. The first-order valence-corrected chi connectivity index (χ1v) is 3.90. The summed E-state index contributed by atoms with van der Waals surface area (Å²) in [6, 6.07) is 0. The Labute approximate surface area is 66.2 Å². The normalized spacial score (nSPS) is 9.11. The second kappa shape index (κ2) is 6.24. The average Bonchev–Trinajstić information content (AvgIpc) is 1.88. The van der Waals surface area contributed by atoms with Crippen LogP contribution in [0.15, 0.2) is 12.8 Å². The van der Waals surface area contributed by atoms with Crippen molar-refractivity contribution in [1.29, 1.82) is 0 Å². The molecular weight excluding hydrogens is 157 g/mol. The highest BCUT2D eigenvalue weighted by Crippen LogP contribution is 1.90. The molecule has 0 fully saturated rings. The molecular formula is C6H11Cl2N. The minimum Gasteiger partial charge on any atom is -0.376 e. The molecule has 0 atom stereocenters. The third-order valence-corrected chi connectivity index (χ3v) is 1.34. The van der Waals surface area contributed by atoms with Gasteiger partial charge in [0.2, 0.25) is 0 Å². The number of hydrogen-bond acceptors (Lipinski definition) is 1. The average molecular weight is 168 g/mol. The van der Waals surface area contributed by atoms with Crippen LogP contribution in [0.4, 0.5) is 0 Å². The van der Waals surface area contributed by atoms with Crippen molar-refractivity contribution in [3.63, 3.8) is 0 Å². The molecule has 0 aromatic carbocycles. The molecule has 1 nitrogen and oxygen atoms in total. The van der Waals surface area contributed by atoms with Gasteiger partial charge in [-0.3, -0.25) is 0 Å². The molecule has 9 heavy (non-hydrogen) atoms. The largest absolute Gasteiger partial charge is 0.376 e. The van der Waals surface area contributed by atoms with E-state index in [9.17, 15) is 0 Å². The predicted molar refractivity (Wildman–Crippen MR) is 43.2 cm³/mol. The molecule has 0 bridgehead atoms. The van der Waals surface area contributed by atoms with Crippen molar-refractivity contribution in [2.24, 2.45) is 0 Å². The number of nitrogens with zero attached hydrogens (tertiary/aromatic N) is 1. The lowest BCUT2D eigenvalue weighted by atomic mass is 10.5.